The minimum Gasteiger partial charge on any atom is -0.294 e. The maximum absolute atomic E-state index is 14.3. The highest BCUT2D eigenvalue weighted by molar-refractivity contribution is 6.22. The van der Waals surface area contributed by atoms with E-state index in [4.69, 9.17) is 0 Å². The van der Waals surface area contributed by atoms with Crippen LogP contribution >= 0.6 is 0 Å². The van der Waals surface area contributed by atoms with Crippen LogP contribution in [0.2, 0.25) is 0 Å². The molecule has 0 bridgehead atoms. The Morgan fingerprint density at radius 3 is 1.66 bits per heavy atom. The summed E-state index contributed by atoms with van der Waals surface area (Å²) in [6.07, 6.45) is 0. The third-order valence-corrected chi connectivity index (χ3v) is 7.02. The SMILES string of the molecule is CC(=O)c1cc(C(=O)c2cc(C(C)=O)c3c(C)cc(C)cc(C)c2-3)c2cc(C(C)C)ccc(C)c1-2. The summed E-state index contributed by atoms with van der Waals surface area (Å²) >= 11 is 0. The topological polar surface area (TPSA) is 51.2 Å². The zero-order valence-electron chi connectivity index (χ0n) is 21.8. The second-order valence-electron chi connectivity index (χ2n) is 10.1. The normalized spacial score (nSPS) is 11.5. The number of ketones is 3. The first-order valence-electron chi connectivity index (χ1n) is 12.1. The van der Waals surface area contributed by atoms with Crippen LogP contribution in [0.4, 0.5) is 0 Å². The van der Waals surface area contributed by atoms with Crippen molar-refractivity contribution in [1.82, 2.24) is 0 Å². The van der Waals surface area contributed by atoms with E-state index in [1.54, 1.807) is 26.0 Å². The minimum atomic E-state index is -0.161. The molecule has 0 aromatic heterocycles. The monoisotopic (exact) mass is 464 g/mol. The fourth-order valence-corrected chi connectivity index (χ4v) is 5.34. The molecule has 3 nitrogen and oxygen atoms in total. The van der Waals surface area contributed by atoms with Gasteiger partial charge in [0.2, 0.25) is 0 Å². The predicted molar refractivity (Wildman–Crippen MR) is 143 cm³/mol. The van der Waals surface area contributed by atoms with Gasteiger partial charge >= 0.3 is 0 Å². The molecular weight excluding hydrogens is 432 g/mol. The Morgan fingerprint density at radius 1 is 0.600 bits per heavy atom. The van der Waals surface area contributed by atoms with Gasteiger partial charge in [-0.3, -0.25) is 14.4 Å². The Labute approximate surface area is 207 Å². The second-order valence-corrected chi connectivity index (χ2v) is 10.1. The number of fused-ring (bicyclic) bond motifs is 2. The lowest BCUT2D eigenvalue weighted by atomic mass is 9.93. The number of aryl methyl sites for hydroxylation is 4. The molecule has 0 spiro atoms. The minimum absolute atomic E-state index is 0.0680. The van der Waals surface area contributed by atoms with Gasteiger partial charge in [-0.15, -0.1) is 0 Å². The van der Waals surface area contributed by atoms with E-state index >= 15 is 0 Å². The smallest absolute Gasteiger partial charge is 0.194 e. The van der Waals surface area contributed by atoms with Gasteiger partial charge in [0, 0.05) is 22.3 Å². The van der Waals surface area contributed by atoms with Crippen LogP contribution in [-0.4, -0.2) is 17.3 Å². The summed E-state index contributed by atoms with van der Waals surface area (Å²) < 4.78 is 0. The van der Waals surface area contributed by atoms with Crippen molar-refractivity contribution in [3.05, 3.63) is 92.5 Å². The van der Waals surface area contributed by atoms with Crippen LogP contribution in [0.25, 0.3) is 22.3 Å². The lowest BCUT2D eigenvalue weighted by molar-refractivity contribution is 0.101. The fourth-order valence-electron chi connectivity index (χ4n) is 5.34. The molecule has 0 aromatic carbocycles. The molecule has 178 valence electrons. The Kier molecular flexibility index (Phi) is 6.23. The zero-order chi connectivity index (χ0) is 25.8. The van der Waals surface area contributed by atoms with E-state index < -0.39 is 0 Å². The number of hydrogen-bond donors (Lipinski definition) is 0. The molecule has 35 heavy (non-hydrogen) atoms. The second kappa shape index (κ2) is 8.88. The number of rotatable bonds is 5. The number of Topliss-reactive ketones (excluding diaryl/α,β-unsaturated/α-hetero) is 2. The summed E-state index contributed by atoms with van der Waals surface area (Å²) in [4.78, 5) is 39.5. The quantitative estimate of drug-likeness (QED) is 0.282. The molecule has 4 rings (SSSR count). The predicted octanol–water partition coefficient (Wildman–Crippen LogP) is 7.89. The van der Waals surface area contributed by atoms with E-state index in [9.17, 15) is 14.4 Å². The summed E-state index contributed by atoms with van der Waals surface area (Å²) in [6, 6.07) is 13.7. The van der Waals surface area contributed by atoms with E-state index in [1.807, 2.05) is 39.8 Å². The van der Waals surface area contributed by atoms with Crippen molar-refractivity contribution in [2.75, 3.05) is 0 Å². The van der Waals surface area contributed by atoms with Crippen molar-refractivity contribution in [1.29, 1.82) is 0 Å². The van der Waals surface area contributed by atoms with Gasteiger partial charge in [0.25, 0.3) is 0 Å². The maximum Gasteiger partial charge on any atom is 0.194 e. The van der Waals surface area contributed by atoms with Crippen LogP contribution in [0.15, 0.2) is 42.5 Å². The Morgan fingerprint density at radius 2 is 1.11 bits per heavy atom. The lowest BCUT2D eigenvalue weighted by Gasteiger charge is -2.09. The summed E-state index contributed by atoms with van der Waals surface area (Å²) in [5.41, 5.74) is 10.5. The zero-order valence-corrected chi connectivity index (χ0v) is 21.8. The summed E-state index contributed by atoms with van der Waals surface area (Å²) in [7, 11) is 0. The lowest BCUT2D eigenvalue weighted by Crippen LogP contribution is -2.02. The van der Waals surface area contributed by atoms with E-state index in [2.05, 4.69) is 32.0 Å². The molecule has 0 aromatic rings. The van der Waals surface area contributed by atoms with E-state index in [0.29, 0.717) is 22.3 Å². The number of hydrogen-bond acceptors (Lipinski definition) is 3. The molecule has 0 aliphatic heterocycles. The van der Waals surface area contributed by atoms with Gasteiger partial charge in [-0.25, -0.2) is 0 Å². The maximum atomic E-state index is 14.3. The number of carbonyl (C=O) groups is 3. The first-order valence-corrected chi connectivity index (χ1v) is 12.1. The molecule has 0 amide bonds. The van der Waals surface area contributed by atoms with Gasteiger partial charge in [0.15, 0.2) is 17.3 Å². The molecule has 0 heterocycles. The molecule has 3 heteroatoms. The molecule has 4 aliphatic carbocycles. The van der Waals surface area contributed by atoms with Crippen LogP contribution in [0.5, 0.6) is 0 Å². The van der Waals surface area contributed by atoms with Crippen LogP contribution in [0.1, 0.15) is 98.1 Å². The van der Waals surface area contributed by atoms with Crippen LogP contribution in [0.3, 0.4) is 0 Å². The van der Waals surface area contributed by atoms with Crippen molar-refractivity contribution >= 4 is 17.3 Å². The van der Waals surface area contributed by atoms with E-state index in [0.717, 1.165) is 50.1 Å². The molecular formula is C32H32O3. The van der Waals surface area contributed by atoms with Gasteiger partial charge < -0.3 is 0 Å². The average molecular weight is 465 g/mol. The highest BCUT2D eigenvalue weighted by Crippen LogP contribution is 2.42. The van der Waals surface area contributed by atoms with Gasteiger partial charge in [-0.1, -0.05) is 49.7 Å². The fraction of sp³-hybridized carbons (Fsp3) is 0.281. The van der Waals surface area contributed by atoms with Crippen LogP contribution in [-0.2, 0) is 0 Å². The first kappa shape index (κ1) is 24.5. The van der Waals surface area contributed by atoms with Gasteiger partial charge in [0.1, 0.15) is 0 Å². The van der Waals surface area contributed by atoms with Gasteiger partial charge in [-0.05, 0) is 104 Å². The van der Waals surface area contributed by atoms with Crippen LogP contribution in [0, 0.1) is 27.7 Å². The molecule has 0 saturated heterocycles. The highest BCUT2D eigenvalue weighted by atomic mass is 16.1. The molecule has 0 atom stereocenters. The molecule has 0 fully saturated rings. The molecule has 0 saturated carbocycles. The Hall–Kier alpha value is -3.59. The van der Waals surface area contributed by atoms with Crippen molar-refractivity contribution in [2.45, 2.75) is 61.3 Å². The van der Waals surface area contributed by atoms with Crippen molar-refractivity contribution in [2.24, 2.45) is 0 Å². The van der Waals surface area contributed by atoms with Crippen LogP contribution < -0.4 is 0 Å². The summed E-state index contributed by atoms with van der Waals surface area (Å²) in [5.74, 6) is -0.0342. The van der Waals surface area contributed by atoms with Crippen molar-refractivity contribution < 1.29 is 14.4 Å². The summed E-state index contributed by atoms with van der Waals surface area (Å²) in [6.45, 7) is 15.3. The van der Waals surface area contributed by atoms with E-state index in [-0.39, 0.29) is 23.3 Å². The van der Waals surface area contributed by atoms with E-state index in [1.165, 1.54) is 0 Å². The van der Waals surface area contributed by atoms with Crippen molar-refractivity contribution in [3.8, 4) is 22.3 Å². The third kappa shape index (κ3) is 4.10. The molecule has 0 N–H and O–H groups in total. The standard InChI is InChI=1S/C32H32O3/c1-16(2)23-10-9-18(4)29-24(21(7)33)14-27(26(29)13-23)32(35)28-15-25(22(8)34)30-19(5)11-17(3)12-20(6)31(28)30/h9-16H,1-8H3. The van der Waals surface area contributed by atoms with Gasteiger partial charge in [0.05, 0.1) is 0 Å². The molecule has 0 radical (unpaired) electrons. The molecule has 0 unspecified atom stereocenters. The number of carbonyl (C=O) groups excluding carboxylic acids is 3. The third-order valence-electron chi connectivity index (χ3n) is 7.02. The largest absolute Gasteiger partial charge is 0.294 e. The Balaban J connectivity index is 2.08. The summed E-state index contributed by atoms with van der Waals surface area (Å²) in [5, 5.41) is 0. The highest BCUT2D eigenvalue weighted by Gasteiger charge is 2.30. The molecule has 4 aliphatic rings. The van der Waals surface area contributed by atoms with Crippen molar-refractivity contribution in [3.63, 3.8) is 0 Å². The Bertz CT molecular complexity index is 1470. The average Bonchev–Trinajstić information content (AvgIpc) is 3.27. The first-order chi connectivity index (χ1) is 16.4. The van der Waals surface area contributed by atoms with Gasteiger partial charge in [-0.2, -0.15) is 0 Å².